The molecule has 0 saturated carbocycles. The Bertz CT molecular complexity index is 744. The summed E-state index contributed by atoms with van der Waals surface area (Å²) in [5.74, 6) is -0.417. The third kappa shape index (κ3) is 4.58. The van der Waals surface area contributed by atoms with Crippen LogP contribution in [0.5, 0.6) is 0 Å². The molecule has 2 aromatic rings. The summed E-state index contributed by atoms with van der Waals surface area (Å²) in [6, 6.07) is 8.51. The molecule has 1 N–H and O–H groups in total. The number of amides is 1. The molecule has 1 aromatic carbocycles. The lowest BCUT2D eigenvalue weighted by molar-refractivity contribution is 0.0953. The molecule has 6 heteroatoms. The number of benzene rings is 1. The monoisotopic (exact) mass is 356 g/mol. The van der Waals surface area contributed by atoms with Crippen molar-refractivity contribution >= 4 is 11.6 Å². The average Bonchev–Trinajstić information content (AvgIpc) is 2.69. The number of aromatic nitrogens is 1. The van der Waals surface area contributed by atoms with Crippen LogP contribution in [0.1, 0.15) is 22.8 Å². The zero-order chi connectivity index (χ0) is 18.4. The van der Waals surface area contributed by atoms with Gasteiger partial charge in [0.2, 0.25) is 0 Å². The van der Waals surface area contributed by atoms with Crippen molar-refractivity contribution in [2.24, 2.45) is 0 Å². The summed E-state index contributed by atoms with van der Waals surface area (Å²) in [6.07, 6.45) is 3.84. The summed E-state index contributed by atoms with van der Waals surface area (Å²) in [5, 5.41) is 2.85. The van der Waals surface area contributed by atoms with Crippen LogP contribution in [-0.2, 0) is 6.42 Å². The number of nitrogens with one attached hydrogen (secondary N) is 1. The lowest BCUT2D eigenvalue weighted by Crippen LogP contribution is -2.46. The number of anilines is 1. The van der Waals surface area contributed by atoms with Crippen molar-refractivity contribution < 1.29 is 9.18 Å². The minimum absolute atomic E-state index is 0.178. The first-order valence-electron chi connectivity index (χ1n) is 9.11. The van der Waals surface area contributed by atoms with Crippen molar-refractivity contribution in [3.63, 3.8) is 0 Å². The maximum absolute atomic E-state index is 13.6. The van der Waals surface area contributed by atoms with Gasteiger partial charge in [0, 0.05) is 38.9 Å². The van der Waals surface area contributed by atoms with E-state index in [-0.39, 0.29) is 11.7 Å². The van der Waals surface area contributed by atoms with Crippen molar-refractivity contribution in [3.05, 3.63) is 59.7 Å². The van der Waals surface area contributed by atoms with Crippen LogP contribution in [0.3, 0.4) is 0 Å². The Labute approximate surface area is 153 Å². The van der Waals surface area contributed by atoms with Gasteiger partial charge in [0.1, 0.15) is 5.82 Å². The highest BCUT2D eigenvalue weighted by Gasteiger charge is 2.17. The maximum atomic E-state index is 13.6. The molecular weight excluding hydrogens is 331 g/mol. The number of hydrogen-bond donors (Lipinski definition) is 1. The van der Waals surface area contributed by atoms with E-state index in [0.29, 0.717) is 24.1 Å². The number of halogens is 1. The summed E-state index contributed by atoms with van der Waals surface area (Å²) >= 11 is 0. The van der Waals surface area contributed by atoms with Crippen molar-refractivity contribution in [2.75, 3.05) is 44.2 Å². The average molecular weight is 356 g/mol. The molecular formula is C20H25FN4O. The quantitative estimate of drug-likeness (QED) is 0.863. The Morgan fingerprint density at radius 1 is 1.19 bits per heavy atom. The largest absolute Gasteiger partial charge is 0.368 e. The number of nitrogens with zero attached hydrogens (tertiary/aromatic N) is 3. The molecule has 138 valence electrons. The number of likely N-dealkylation sites (N-methyl/N-ethyl adjacent to an activating group) is 1. The van der Waals surface area contributed by atoms with E-state index in [1.165, 1.54) is 6.07 Å². The molecule has 26 heavy (non-hydrogen) atoms. The first-order chi connectivity index (χ1) is 12.7. The van der Waals surface area contributed by atoms with Gasteiger partial charge in [-0.25, -0.2) is 4.39 Å². The molecule has 1 saturated heterocycles. The van der Waals surface area contributed by atoms with E-state index in [1.807, 2.05) is 6.07 Å². The van der Waals surface area contributed by atoms with Crippen LogP contribution < -0.4 is 10.2 Å². The first-order valence-corrected chi connectivity index (χ1v) is 9.11. The molecule has 1 aliphatic heterocycles. The normalized spacial score (nSPS) is 15.1. The molecule has 1 amide bonds. The van der Waals surface area contributed by atoms with Gasteiger partial charge in [0.15, 0.2) is 0 Å². The summed E-state index contributed by atoms with van der Waals surface area (Å²) in [5.41, 5.74) is 2.12. The molecule has 2 heterocycles. The minimum Gasteiger partial charge on any atom is -0.368 e. The molecule has 1 aliphatic rings. The zero-order valence-corrected chi connectivity index (χ0v) is 15.1. The maximum Gasteiger partial charge on any atom is 0.252 e. The van der Waals surface area contributed by atoms with Gasteiger partial charge in [-0.2, -0.15) is 0 Å². The standard InChI is InChI=1S/C20H25FN4O/c1-2-24-9-11-25(12-10-24)18-13-17(14-22-15-18)20(26)23-8-7-16-5-3-4-6-19(16)21/h3-6,13-15H,2,7-12H2,1H3,(H,23,26). The van der Waals surface area contributed by atoms with E-state index in [9.17, 15) is 9.18 Å². The number of piperazine rings is 1. The van der Waals surface area contributed by atoms with Crippen molar-refractivity contribution in [1.29, 1.82) is 0 Å². The van der Waals surface area contributed by atoms with Gasteiger partial charge in [-0.05, 0) is 30.7 Å². The molecule has 3 rings (SSSR count). The second kappa shape index (κ2) is 8.76. The van der Waals surface area contributed by atoms with E-state index >= 15 is 0 Å². The first kappa shape index (κ1) is 18.3. The SMILES string of the molecule is CCN1CCN(c2cncc(C(=O)NCCc3ccccc3F)c2)CC1. The van der Waals surface area contributed by atoms with Gasteiger partial charge >= 0.3 is 0 Å². The third-order valence-electron chi connectivity index (χ3n) is 4.81. The van der Waals surface area contributed by atoms with Crippen molar-refractivity contribution in [2.45, 2.75) is 13.3 Å². The van der Waals surface area contributed by atoms with Gasteiger partial charge in [-0.1, -0.05) is 25.1 Å². The molecule has 5 nitrogen and oxygen atoms in total. The number of carbonyl (C=O) groups is 1. The number of rotatable bonds is 6. The van der Waals surface area contributed by atoms with Crippen molar-refractivity contribution in [3.8, 4) is 0 Å². The van der Waals surface area contributed by atoms with Crippen LogP contribution in [0.2, 0.25) is 0 Å². The van der Waals surface area contributed by atoms with E-state index in [2.05, 4.69) is 27.0 Å². The molecule has 0 spiro atoms. The Balaban J connectivity index is 1.56. The Morgan fingerprint density at radius 2 is 1.96 bits per heavy atom. The molecule has 1 aromatic heterocycles. The van der Waals surface area contributed by atoms with Gasteiger partial charge in [0.25, 0.3) is 5.91 Å². The van der Waals surface area contributed by atoms with Gasteiger partial charge in [-0.3, -0.25) is 9.78 Å². The lowest BCUT2D eigenvalue weighted by atomic mass is 10.1. The van der Waals surface area contributed by atoms with Crippen LogP contribution in [-0.4, -0.2) is 55.1 Å². The highest BCUT2D eigenvalue weighted by atomic mass is 19.1. The Morgan fingerprint density at radius 3 is 2.69 bits per heavy atom. The Kier molecular flexibility index (Phi) is 6.17. The predicted molar refractivity (Wildman–Crippen MR) is 101 cm³/mol. The smallest absolute Gasteiger partial charge is 0.252 e. The lowest BCUT2D eigenvalue weighted by Gasteiger charge is -2.35. The number of pyridine rings is 1. The minimum atomic E-state index is -0.239. The number of hydrogen-bond acceptors (Lipinski definition) is 4. The van der Waals surface area contributed by atoms with Crippen molar-refractivity contribution in [1.82, 2.24) is 15.2 Å². The van der Waals surface area contributed by atoms with Crippen LogP contribution in [0.25, 0.3) is 0 Å². The fourth-order valence-electron chi connectivity index (χ4n) is 3.16. The van der Waals surface area contributed by atoms with E-state index in [4.69, 9.17) is 0 Å². The highest BCUT2D eigenvalue weighted by Crippen LogP contribution is 2.17. The second-order valence-electron chi connectivity index (χ2n) is 6.45. The third-order valence-corrected chi connectivity index (χ3v) is 4.81. The fraction of sp³-hybridized carbons (Fsp3) is 0.400. The molecule has 0 unspecified atom stereocenters. The number of carbonyl (C=O) groups excluding carboxylic acids is 1. The van der Waals surface area contributed by atoms with Gasteiger partial charge < -0.3 is 15.1 Å². The molecule has 0 aliphatic carbocycles. The highest BCUT2D eigenvalue weighted by molar-refractivity contribution is 5.94. The van der Waals surface area contributed by atoms with E-state index in [0.717, 1.165) is 38.4 Å². The van der Waals surface area contributed by atoms with Crippen LogP contribution >= 0.6 is 0 Å². The molecule has 0 bridgehead atoms. The summed E-state index contributed by atoms with van der Waals surface area (Å²) in [7, 11) is 0. The molecule has 0 atom stereocenters. The summed E-state index contributed by atoms with van der Waals surface area (Å²) in [4.78, 5) is 21.3. The molecule has 1 fully saturated rings. The zero-order valence-electron chi connectivity index (χ0n) is 15.1. The topological polar surface area (TPSA) is 48.5 Å². The summed E-state index contributed by atoms with van der Waals surface area (Å²) < 4.78 is 13.6. The summed E-state index contributed by atoms with van der Waals surface area (Å²) in [6.45, 7) is 7.55. The van der Waals surface area contributed by atoms with Crippen LogP contribution in [0, 0.1) is 5.82 Å². The van der Waals surface area contributed by atoms with Crippen LogP contribution in [0.4, 0.5) is 10.1 Å². The van der Waals surface area contributed by atoms with Crippen LogP contribution in [0.15, 0.2) is 42.7 Å². The predicted octanol–water partition coefficient (Wildman–Crippen LogP) is 2.34. The van der Waals surface area contributed by atoms with Gasteiger partial charge in [0.05, 0.1) is 17.4 Å². The fourth-order valence-corrected chi connectivity index (χ4v) is 3.16. The van der Waals surface area contributed by atoms with Gasteiger partial charge in [-0.15, -0.1) is 0 Å². The molecule has 0 radical (unpaired) electrons. The Hall–Kier alpha value is -2.47. The van der Waals surface area contributed by atoms with E-state index < -0.39 is 0 Å². The van der Waals surface area contributed by atoms with E-state index in [1.54, 1.807) is 30.6 Å². The second-order valence-corrected chi connectivity index (χ2v) is 6.45.